The Balaban J connectivity index is 1.34. The standard InChI is InChI=1S/C35H40F3N5O3/c1-23-15-16-26-24(10-5-6-18-35(36,37)38)11-7-13-27(26)30(23)45-31-28(14-8-19-39-31)29-17-20-40-32(42-29)41-25-12-9-21-43(22-25)33(44)46-34(2,3)4/h7-8,11,13-17,19-20,25H,5-6,9-10,12,18,21-22H2,1-4H3,(H,40,41,42)/t25-/m0/s1. The van der Waals surface area contributed by atoms with Crippen LogP contribution in [0, 0.1) is 6.92 Å². The predicted molar refractivity (Wildman–Crippen MR) is 172 cm³/mol. The second kappa shape index (κ2) is 13.9. The van der Waals surface area contributed by atoms with Crippen molar-refractivity contribution in [3.05, 3.63) is 72.1 Å². The van der Waals surface area contributed by atoms with Crippen LogP contribution in [0.3, 0.4) is 0 Å². The Bertz CT molecular complexity index is 1670. The summed E-state index contributed by atoms with van der Waals surface area (Å²) in [4.78, 5) is 28.1. The summed E-state index contributed by atoms with van der Waals surface area (Å²) < 4.78 is 50.0. The van der Waals surface area contributed by atoms with Crippen molar-refractivity contribution in [3.63, 3.8) is 0 Å². The number of benzene rings is 2. The average molecular weight is 636 g/mol. The fraction of sp³-hybridized carbons (Fsp3) is 0.429. The van der Waals surface area contributed by atoms with E-state index in [-0.39, 0.29) is 18.6 Å². The minimum absolute atomic E-state index is 0.0397. The Morgan fingerprint density at radius 2 is 1.83 bits per heavy atom. The number of hydrogen-bond acceptors (Lipinski definition) is 7. The number of likely N-dealkylation sites (tertiary alicyclic amines) is 1. The molecule has 5 rings (SSSR count). The number of hydrogen-bond donors (Lipinski definition) is 1. The molecule has 1 aliphatic heterocycles. The summed E-state index contributed by atoms with van der Waals surface area (Å²) in [7, 11) is 0. The Morgan fingerprint density at radius 1 is 1.00 bits per heavy atom. The number of ether oxygens (including phenoxy) is 2. The van der Waals surface area contributed by atoms with E-state index in [1.807, 2.05) is 70.2 Å². The number of carbonyl (C=O) groups excluding carboxylic acids is 1. The van der Waals surface area contributed by atoms with Gasteiger partial charge < -0.3 is 19.7 Å². The van der Waals surface area contributed by atoms with E-state index in [0.717, 1.165) is 34.7 Å². The Labute approximate surface area is 267 Å². The lowest BCUT2D eigenvalue weighted by molar-refractivity contribution is -0.135. The molecule has 2 aromatic heterocycles. The molecule has 1 atom stereocenters. The molecule has 46 heavy (non-hydrogen) atoms. The lowest BCUT2D eigenvalue weighted by Gasteiger charge is -2.34. The summed E-state index contributed by atoms with van der Waals surface area (Å²) in [5, 5.41) is 5.18. The summed E-state index contributed by atoms with van der Waals surface area (Å²) in [6.07, 6.45) is 0.831. The summed E-state index contributed by atoms with van der Waals surface area (Å²) >= 11 is 0. The van der Waals surface area contributed by atoms with Crippen LogP contribution in [0.2, 0.25) is 0 Å². The number of halogens is 3. The van der Waals surface area contributed by atoms with Crippen molar-refractivity contribution in [1.29, 1.82) is 0 Å². The van der Waals surface area contributed by atoms with Gasteiger partial charge in [-0.25, -0.2) is 19.7 Å². The van der Waals surface area contributed by atoms with Crippen LogP contribution < -0.4 is 10.1 Å². The lowest BCUT2D eigenvalue weighted by Crippen LogP contribution is -2.47. The molecule has 0 unspecified atom stereocenters. The molecule has 1 fully saturated rings. The number of piperidine rings is 1. The molecule has 3 heterocycles. The molecular weight excluding hydrogens is 595 g/mol. The van der Waals surface area contributed by atoms with E-state index in [0.29, 0.717) is 54.8 Å². The van der Waals surface area contributed by atoms with E-state index in [1.165, 1.54) is 0 Å². The highest BCUT2D eigenvalue weighted by atomic mass is 19.4. The molecule has 2 aromatic carbocycles. The molecule has 11 heteroatoms. The first kappa shape index (κ1) is 33.0. The summed E-state index contributed by atoms with van der Waals surface area (Å²) in [6.45, 7) is 8.62. The fourth-order valence-electron chi connectivity index (χ4n) is 5.61. The van der Waals surface area contributed by atoms with Crippen molar-refractivity contribution in [2.45, 2.75) is 84.0 Å². The molecule has 0 saturated carbocycles. The zero-order valence-electron chi connectivity index (χ0n) is 26.7. The Hall–Kier alpha value is -4.41. The van der Waals surface area contributed by atoms with E-state index in [9.17, 15) is 18.0 Å². The van der Waals surface area contributed by atoms with E-state index >= 15 is 0 Å². The first-order valence-corrected chi connectivity index (χ1v) is 15.6. The molecular formula is C35H40F3N5O3. The minimum Gasteiger partial charge on any atom is -0.444 e. The number of unbranched alkanes of at least 4 members (excludes halogenated alkanes) is 1. The number of nitrogens with zero attached hydrogens (tertiary/aromatic N) is 4. The monoisotopic (exact) mass is 635 g/mol. The molecule has 1 amide bonds. The molecule has 0 radical (unpaired) electrons. The number of fused-ring (bicyclic) bond motifs is 1. The highest BCUT2D eigenvalue weighted by Crippen LogP contribution is 2.38. The van der Waals surface area contributed by atoms with Gasteiger partial charge in [0, 0.05) is 43.3 Å². The number of alkyl halides is 3. The van der Waals surface area contributed by atoms with Crippen molar-refractivity contribution < 1.29 is 27.4 Å². The molecule has 8 nitrogen and oxygen atoms in total. The zero-order valence-corrected chi connectivity index (χ0v) is 26.7. The van der Waals surface area contributed by atoms with E-state index < -0.39 is 18.2 Å². The van der Waals surface area contributed by atoms with Gasteiger partial charge in [0.15, 0.2) is 0 Å². The quantitative estimate of drug-likeness (QED) is 0.184. The highest BCUT2D eigenvalue weighted by Gasteiger charge is 2.28. The normalized spacial score (nSPS) is 15.5. The van der Waals surface area contributed by atoms with Crippen molar-refractivity contribution in [2.75, 3.05) is 18.4 Å². The maximum Gasteiger partial charge on any atom is 0.410 e. The van der Waals surface area contributed by atoms with Crippen molar-refractivity contribution in [1.82, 2.24) is 19.9 Å². The molecule has 0 spiro atoms. The highest BCUT2D eigenvalue weighted by molar-refractivity contribution is 5.92. The third-order valence-corrected chi connectivity index (χ3v) is 7.76. The molecule has 4 aromatic rings. The number of pyridine rings is 1. The van der Waals surface area contributed by atoms with Gasteiger partial charge in [0.05, 0.1) is 11.3 Å². The minimum atomic E-state index is -4.14. The van der Waals surface area contributed by atoms with E-state index in [4.69, 9.17) is 14.5 Å². The fourth-order valence-corrected chi connectivity index (χ4v) is 5.61. The van der Waals surface area contributed by atoms with Gasteiger partial charge in [-0.2, -0.15) is 13.2 Å². The van der Waals surface area contributed by atoms with Crippen LogP contribution in [0.4, 0.5) is 23.9 Å². The third-order valence-electron chi connectivity index (χ3n) is 7.76. The van der Waals surface area contributed by atoms with Crippen LogP contribution in [0.25, 0.3) is 22.0 Å². The van der Waals surface area contributed by atoms with Gasteiger partial charge in [-0.3, -0.25) is 0 Å². The number of anilines is 1. The van der Waals surface area contributed by atoms with Crippen molar-refractivity contribution >= 4 is 22.8 Å². The topological polar surface area (TPSA) is 89.5 Å². The number of amides is 1. The first-order valence-electron chi connectivity index (χ1n) is 15.6. The van der Waals surface area contributed by atoms with Crippen molar-refractivity contribution in [2.24, 2.45) is 0 Å². The van der Waals surface area contributed by atoms with Crippen LogP contribution in [0.1, 0.15) is 64.0 Å². The summed E-state index contributed by atoms with van der Waals surface area (Å²) in [6, 6.07) is 15.2. The molecule has 0 aliphatic carbocycles. The van der Waals surface area contributed by atoms with Gasteiger partial charge in [-0.05, 0) is 94.5 Å². The summed E-state index contributed by atoms with van der Waals surface area (Å²) in [5.41, 5.74) is 2.60. The maximum atomic E-state index is 12.7. The number of aryl methyl sites for hydroxylation is 2. The second-order valence-corrected chi connectivity index (χ2v) is 12.7. The van der Waals surface area contributed by atoms with Gasteiger partial charge in [0.1, 0.15) is 11.4 Å². The average Bonchev–Trinajstić information content (AvgIpc) is 3.00. The van der Waals surface area contributed by atoms with Gasteiger partial charge in [0.2, 0.25) is 11.8 Å². The first-order chi connectivity index (χ1) is 21.9. The van der Waals surface area contributed by atoms with E-state index in [1.54, 1.807) is 23.4 Å². The van der Waals surface area contributed by atoms with Crippen LogP contribution in [0.5, 0.6) is 11.6 Å². The molecule has 244 valence electrons. The number of nitrogens with one attached hydrogen (secondary N) is 1. The van der Waals surface area contributed by atoms with Gasteiger partial charge in [0.25, 0.3) is 0 Å². The Morgan fingerprint density at radius 3 is 2.61 bits per heavy atom. The summed E-state index contributed by atoms with van der Waals surface area (Å²) in [5.74, 6) is 1.43. The molecule has 1 saturated heterocycles. The predicted octanol–water partition coefficient (Wildman–Crippen LogP) is 8.88. The second-order valence-electron chi connectivity index (χ2n) is 12.7. The van der Waals surface area contributed by atoms with Crippen LogP contribution in [-0.4, -0.2) is 56.9 Å². The van der Waals surface area contributed by atoms with Crippen LogP contribution >= 0.6 is 0 Å². The lowest BCUT2D eigenvalue weighted by atomic mass is 9.97. The van der Waals surface area contributed by atoms with Gasteiger partial charge >= 0.3 is 12.3 Å². The van der Waals surface area contributed by atoms with Crippen LogP contribution in [0.15, 0.2) is 60.9 Å². The zero-order chi connectivity index (χ0) is 32.9. The number of rotatable bonds is 9. The van der Waals surface area contributed by atoms with Crippen LogP contribution in [-0.2, 0) is 11.2 Å². The molecule has 1 aliphatic rings. The van der Waals surface area contributed by atoms with E-state index in [2.05, 4.69) is 15.3 Å². The van der Waals surface area contributed by atoms with Gasteiger partial charge in [-0.1, -0.05) is 30.3 Å². The number of carbonyl (C=O) groups is 1. The Kier molecular flexibility index (Phi) is 9.98. The maximum absolute atomic E-state index is 12.7. The molecule has 0 bridgehead atoms. The smallest absolute Gasteiger partial charge is 0.410 e. The SMILES string of the molecule is Cc1ccc2c(CCCCC(F)(F)F)cccc2c1Oc1ncccc1-c1ccnc(N[C@H]2CCCN(C(=O)OC(C)(C)C)C2)n1. The third kappa shape index (κ3) is 8.64. The van der Waals surface area contributed by atoms with Gasteiger partial charge in [-0.15, -0.1) is 0 Å². The largest absolute Gasteiger partial charge is 0.444 e. The van der Waals surface area contributed by atoms with Crippen molar-refractivity contribution in [3.8, 4) is 22.9 Å². The number of aromatic nitrogens is 3. The molecule has 1 N–H and O–H groups in total.